The first-order valence-electron chi connectivity index (χ1n) is 13.7. The number of nitrogens with zero attached hydrogens (tertiary/aromatic N) is 4. The van der Waals surface area contributed by atoms with Gasteiger partial charge in [-0.2, -0.15) is 0 Å². The first kappa shape index (κ1) is 26.7. The van der Waals surface area contributed by atoms with Crippen LogP contribution < -0.4 is 0 Å². The number of imidazole rings is 1. The third-order valence-electron chi connectivity index (χ3n) is 7.44. The molecule has 4 aromatic carbocycles. The Morgan fingerprint density at radius 1 is 0.605 bits per heavy atom. The SMILES string of the molecule is [Ir].[c-]1ccc2c(oc3c2ccc2c3nc3c4ccccc4ccn23)c1-c1ccccn1.[c-]1ccccc1-c1ccccn1. The van der Waals surface area contributed by atoms with Crippen LogP contribution in [0.25, 0.3) is 71.9 Å². The summed E-state index contributed by atoms with van der Waals surface area (Å²) in [6.07, 6.45) is 5.65. The molecule has 0 aliphatic carbocycles. The van der Waals surface area contributed by atoms with Gasteiger partial charge in [0.1, 0.15) is 16.7 Å². The van der Waals surface area contributed by atoms with Gasteiger partial charge in [-0.25, -0.2) is 4.98 Å². The molecule has 0 saturated heterocycles. The Morgan fingerprint density at radius 2 is 1.37 bits per heavy atom. The monoisotopic (exact) mass is 731 g/mol. The molecule has 5 nitrogen and oxygen atoms in total. The summed E-state index contributed by atoms with van der Waals surface area (Å²) in [6, 6.07) is 44.7. The van der Waals surface area contributed by atoms with E-state index in [0.29, 0.717) is 0 Å². The topological polar surface area (TPSA) is 56.2 Å². The fourth-order valence-electron chi connectivity index (χ4n) is 5.47. The van der Waals surface area contributed by atoms with Crippen molar-refractivity contribution in [3.8, 4) is 22.5 Å². The molecule has 0 spiro atoms. The third-order valence-corrected chi connectivity index (χ3v) is 7.44. The third kappa shape index (κ3) is 4.67. The first-order valence-corrected chi connectivity index (χ1v) is 13.7. The van der Waals surface area contributed by atoms with E-state index in [1.54, 1.807) is 12.4 Å². The van der Waals surface area contributed by atoms with Gasteiger partial charge in [0.25, 0.3) is 0 Å². The Morgan fingerprint density at radius 3 is 2.16 bits per heavy atom. The van der Waals surface area contributed by atoms with Crippen LogP contribution in [-0.2, 0) is 20.1 Å². The molecule has 0 fully saturated rings. The summed E-state index contributed by atoms with van der Waals surface area (Å²) < 4.78 is 8.58. The van der Waals surface area contributed by atoms with Crippen molar-refractivity contribution >= 4 is 49.4 Å². The number of benzene rings is 4. The summed E-state index contributed by atoms with van der Waals surface area (Å²) in [4.78, 5) is 13.7. The average Bonchev–Trinajstić information content (AvgIpc) is 3.65. The van der Waals surface area contributed by atoms with Crippen LogP contribution in [0.5, 0.6) is 0 Å². The van der Waals surface area contributed by atoms with Gasteiger partial charge >= 0.3 is 0 Å². The summed E-state index contributed by atoms with van der Waals surface area (Å²) in [5, 5.41) is 4.40. The second kappa shape index (κ2) is 11.3. The molecule has 1 radical (unpaired) electrons. The van der Waals surface area contributed by atoms with Crippen LogP contribution >= 0.6 is 0 Å². The number of pyridine rings is 3. The molecule has 9 rings (SSSR count). The van der Waals surface area contributed by atoms with E-state index in [2.05, 4.69) is 69.1 Å². The van der Waals surface area contributed by atoms with E-state index in [9.17, 15) is 0 Å². The minimum atomic E-state index is 0. The molecular formula is C37H22IrN4O-2. The van der Waals surface area contributed by atoms with Gasteiger partial charge in [0.2, 0.25) is 0 Å². The predicted octanol–water partition coefficient (Wildman–Crippen LogP) is 8.95. The molecular weight excluding hydrogens is 709 g/mol. The fourth-order valence-corrected chi connectivity index (χ4v) is 5.47. The van der Waals surface area contributed by atoms with E-state index in [1.165, 1.54) is 5.39 Å². The van der Waals surface area contributed by atoms with Gasteiger partial charge in [0.15, 0.2) is 0 Å². The molecule has 0 saturated carbocycles. The Kier molecular flexibility index (Phi) is 6.99. The van der Waals surface area contributed by atoms with Gasteiger partial charge in [-0.05, 0) is 47.1 Å². The van der Waals surface area contributed by atoms with E-state index in [4.69, 9.17) is 9.40 Å². The molecule has 0 N–H and O–H groups in total. The van der Waals surface area contributed by atoms with Crippen molar-refractivity contribution in [1.29, 1.82) is 0 Å². The minimum Gasteiger partial charge on any atom is -0.498 e. The Labute approximate surface area is 260 Å². The van der Waals surface area contributed by atoms with Gasteiger partial charge in [-0.15, -0.1) is 54.1 Å². The summed E-state index contributed by atoms with van der Waals surface area (Å²) in [6.45, 7) is 0. The second-order valence-electron chi connectivity index (χ2n) is 9.92. The predicted molar refractivity (Wildman–Crippen MR) is 168 cm³/mol. The van der Waals surface area contributed by atoms with Crippen LogP contribution in [0.15, 0.2) is 138 Å². The molecule has 43 heavy (non-hydrogen) atoms. The van der Waals surface area contributed by atoms with Crippen LogP contribution in [-0.4, -0.2) is 19.4 Å². The largest absolute Gasteiger partial charge is 0.498 e. The van der Waals surface area contributed by atoms with Crippen molar-refractivity contribution in [2.75, 3.05) is 0 Å². The van der Waals surface area contributed by atoms with Gasteiger partial charge in [-0.1, -0.05) is 59.5 Å². The maximum Gasteiger partial charge on any atom is 0.148 e. The Hall–Kier alpha value is -5.16. The molecule has 0 amide bonds. The van der Waals surface area contributed by atoms with E-state index in [0.717, 1.165) is 66.5 Å². The molecule has 0 atom stereocenters. The fraction of sp³-hybridized carbons (Fsp3) is 0. The molecule has 0 unspecified atom stereocenters. The van der Waals surface area contributed by atoms with Crippen molar-refractivity contribution in [3.63, 3.8) is 0 Å². The number of furan rings is 1. The Balaban J connectivity index is 0.000000195. The zero-order chi connectivity index (χ0) is 27.9. The normalized spacial score (nSPS) is 11.1. The summed E-state index contributed by atoms with van der Waals surface area (Å²) in [5.74, 6) is 0. The number of fused-ring (bicyclic) bond motifs is 9. The van der Waals surface area contributed by atoms with Gasteiger partial charge in [0.05, 0.1) is 11.1 Å². The van der Waals surface area contributed by atoms with Gasteiger partial charge in [0, 0.05) is 49.5 Å². The van der Waals surface area contributed by atoms with Crippen LogP contribution in [0.2, 0.25) is 0 Å². The minimum absolute atomic E-state index is 0. The molecule has 5 aromatic heterocycles. The second-order valence-corrected chi connectivity index (χ2v) is 9.92. The van der Waals surface area contributed by atoms with Gasteiger partial charge in [-0.3, -0.25) is 4.40 Å². The zero-order valence-electron chi connectivity index (χ0n) is 22.7. The van der Waals surface area contributed by atoms with Crippen LogP contribution in [0.4, 0.5) is 0 Å². The van der Waals surface area contributed by atoms with Crippen LogP contribution in [0.3, 0.4) is 0 Å². The number of aromatic nitrogens is 4. The molecule has 6 heteroatoms. The smallest absolute Gasteiger partial charge is 0.148 e. The molecule has 0 aliphatic heterocycles. The quantitative estimate of drug-likeness (QED) is 0.167. The standard InChI is InChI=1S/C26H14N3O.C11H8N.Ir/c1-2-7-17-16(6-1)13-15-29-22-12-11-19-18-8-5-9-20(21-10-3-4-14-27-21)24(18)30-25(19)23(22)28-26(17)29;1-2-6-10(7-3-1)11-8-4-5-9-12-11;/h1-8,10-15H;1-6,8-9H;/q2*-1;. The molecule has 0 aliphatic rings. The van der Waals surface area contributed by atoms with Gasteiger partial charge < -0.3 is 14.4 Å². The average molecular weight is 731 g/mol. The number of hydrogen-bond acceptors (Lipinski definition) is 4. The van der Waals surface area contributed by atoms with E-state index >= 15 is 0 Å². The maximum atomic E-state index is 6.45. The van der Waals surface area contributed by atoms with E-state index in [1.807, 2.05) is 78.9 Å². The summed E-state index contributed by atoms with van der Waals surface area (Å²) in [7, 11) is 0. The van der Waals surface area contributed by atoms with Crippen molar-refractivity contribution < 1.29 is 24.5 Å². The molecule has 207 valence electrons. The van der Waals surface area contributed by atoms with E-state index in [-0.39, 0.29) is 20.1 Å². The van der Waals surface area contributed by atoms with Crippen molar-refractivity contribution in [3.05, 3.63) is 146 Å². The van der Waals surface area contributed by atoms with Crippen molar-refractivity contribution in [2.24, 2.45) is 0 Å². The van der Waals surface area contributed by atoms with Crippen molar-refractivity contribution in [1.82, 2.24) is 19.4 Å². The summed E-state index contributed by atoms with van der Waals surface area (Å²) in [5.41, 5.74) is 8.15. The zero-order valence-corrected chi connectivity index (χ0v) is 25.1. The Bertz CT molecular complexity index is 2310. The summed E-state index contributed by atoms with van der Waals surface area (Å²) >= 11 is 0. The van der Waals surface area contributed by atoms with Crippen LogP contribution in [0, 0.1) is 12.1 Å². The maximum absolute atomic E-state index is 6.45. The number of rotatable bonds is 2. The first-order chi connectivity index (χ1) is 20.8. The molecule has 5 heterocycles. The molecule has 0 bridgehead atoms. The van der Waals surface area contributed by atoms with Crippen molar-refractivity contribution in [2.45, 2.75) is 0 Å². The van der Waals surface area contributed by atoms with E-state index < -0.39 is 0 Å². The molecule has 9 aromatic rings. The number of hydrogen-bond donors (Lipinski definition) is 0. The van der Waals surface area contributed by atoms with Crippen LogP contribution in [0.1, 0.15) is 0 Å².